The molecule has 4 rings (SSSR count). The Morgan fingerprint density at radius 2 is 2.33 bits per heavy atom. The molecule has 0 aromatic carbocycles. The lowest BCUT2D eigenvalue weighted by Gasteiger charge is -2.30. The molecule has 21 heavy (non-hydrogen) atoms. The third-order valence-electron chi connectivity index (χ3n) is 4.41. The largest absolute Gasteiger partial charge is 0.449 e. The molecular formula is C15H16BrN3O2. The van der Waals surface area contributed by atoms with E-state index in [9.17, 15) is 4.79 Å². The zero-order valence-corrected chi connectivity index (χ0v) is 13.1. The molecule has 0 radical (unpaired) electrons. The van der Waals surface area contributed by atoms with Crippen LogP contribution in [0.15, 0.2) is 27.4 Å². The lowest BCUT2D eigenvalue weighted by molar-refractivity contribution is 0.0904. The fourth-order valence-corrected chi connectivity index (χ4v) is 3.87. The summed E-state index contributed by atoms with van der Waals surface area (Å²) in [7, 11) is 0. The van der Waals surface area contributed by atoms with E-state index in [-0.39, 0.29) is 11.9 Å². The van der Waals surface area contributed by atoms with Crippen LogP contribution >= 0.6 is 15.9 Å². The van der Waals surface area contributed by atoms with Gasteiger partial charge in [-0.1, -0.05) is 0 Å². The van der Waals surface area contributed by atoms with E-state index in [1.165, 1.54) is 19.5 Å². The summed E-state index contributed by atoms with van der Waals surface area (Å²) in [5.74, 6) is 0.623. The van der Waals surface area contributed by atoms with Gasteiger partial charge >= 0.3 is 0 Å². The van der Waals surface area contributed by atoms with Crippen molar-refractivity contribution in [3.8, 4) is 0 Å². The topological polar surface area (TPSA) is 58.4 Å². The Morgan fingerprint density at radius 1 is 1.43 bits per heavy atom. The van der Waals surface area contributed by atoms with Crippen molar-refractivity contribution in [1.82, 2.24) is 15.2 Å². The molecule has 5 nitrogen and oxygen atoms in total. The molecule has 2 bridgehead atoms. The van der Waals surface area contributed by atoms with Crippen molar-refractivity contribution in [2.75, 3.05) is 19.6 Å². The first kappa shape index (κ1) is 13.3. The van der Waals surface area contributed by atoms with Gasteiger partial charge in [0.1, 0.15) is 11.3 Å². The maximum absolute atomic E-state index is 12.4. The second kappa shape index (κ2) is 5.10. The number of fused-ring (bicyclic) bond motifs is 3. The highest BCUT2D eigenvalue weighted by molar-refractivity contribution is 9.10. The van der Waals surface area contributed by atoms with E-state index < -0.39 is 0 Å². The second-order valence-corrected chi connectivity index (χ2v) is 6.76. The van der Waals surface area contributed by atoms with Gasteiger partial charge in [-0.25, -0.2) is 0 Å². The molecule has 3 atom stereocenters. The molecule has 2 aromatic heterocycles. The van der Waals surface area contributed by atoms with Crippen LogP contribution in [0.5, 0.6) is 0 Å². The van der Waals surface area contributed by atoms with Crippen molar-refractivity contribution in [3.63, 3.8) is 0 Å². The molecule has 2 fully saturated rings. The molecule has 2 aliphatic rings. The van der Waals surface area contributed by atoms with Crippen molar-refractivity contribution in [2.45, 2.75) is 18.9 Å². The van der Waals surface area contributed by atoms with Crippen LogP contribution in [0.25, 0.3) is 11.0 Å². The minimum atomic E-state index is -0.114. The highest BCUT2D eigenvalue weighted by Crippen LogP contribution is 2.27. The summed E-state index contributed by atoms with van der Waals surface area (Å²) in [5.41, 5.74) is 1.09. The number of furan rings is 1. The van der Waals surface area contributed by atoms with Crippen molar-refractivity contribution < 1.29 is 9.21 Å². The van der Waals surface area contributed by atoms with Gasteiger partial charge in [0.25, 0.3) is 5.91 Å². The van der Waals surface area contributed by atoms with Gasteiger partial charge in [-0.15, -0.1) is 0 Å². The van der Waals surface area contributed by atoms with Crippen molar-refractivity contribution >= 4 is 32.8 Å². The molecule has 4 heterocycles. The highest BCUT2D eigenvalue weighted by atomic mass is 79.9. The average molecular weight is 350 g/mol. The van der Waals surface area contributed by atoms with Crippen LogP contribution < -0.4 is 5.32 Å². The number of nitrogens with zero attached hydrogens (tertiary/aromatic N) is 2. The molecule has 1 N–H and O–H groups in total. The Kier molecular flexibility index (Phi) is 3.23. The number of carbonyl (C=O) groups is 1. The number of carbonyl (C=O) groups excluding carboxylic acids is 1. The first-order valence-electron chi connectivity index (χ1n) is 7.26. The van der Waals surface area contributed by atoms with Gasteiger partial charge < -0.3 is 14.6 Å². The Hall–Kier alpha value is -1.40. The number of amides is 1. The monoisotopic (exact) mass is 349 g/mol. The first-order valence-corrected chi connectivity index (χ1v) is 8.05. The van der Waals surface area contributed by atoms with Crippen LogP contribution in [-0.4, -0.2) is 41.5 Å². The van der Waals surface area contributed by atoms with E-state index in [2.05, 4.69) is 31.1 Å². The predicted octanol–water partition coefficient (Wildman–Crippen LogP) is 2.41. The Balaban J connectivity index is 1.50. The molecule has 2 saturated heterocycles. The summed E-state index contributed by atoms with van der Waals surface area (Å²) in [5, 5.41) is 4.00. The van der Waals surface area contributed by atoms with E-state index in [0.29, 0.717) is 15.9 Å². The molecule has 1 amide bonds. The standard InChI is InChI=1S/C15H16BrN3O2/c16-14-4-10-6-17-12(5-13(10)21-14)15(20)18-11-3-9-1-2-19(7-9)8-11/h4-6,9,11H,1-3,7-8H2,(H,18,20). The molecule has 6 heteroatoms. The minimum Gasteiger partial charge on any atom is -0.449 e. The molecule has 0 aliphatic carbocycles. The Morgan fingerprint density at radius 3 is 3.19 bits per heavy atom. The fourth-order valence-electron chi connectivity index (χ4n) is 3.45. The lowest BCUT2D eigenvalue weighted by atomic mass is 9.97. The van der Waals surface area contributed by atoms with Crippen LogP contribution in [-0.2, 0) is 0 Å². The number of aromatic nitrogens is 1. The summed E-state index contributed by atoms with van der Waals surface area (Å²) in [4.78, 5) is 19.0. The summed E-state index contributed by atoms with van der Waals surface area (Å²) in [6.07, 6.45) is 4.01. The molecule has 0 saturated carbocycles. The van der Waals surface area contributed by atoms with Gasteiger partial charge in [0.2, 0.25) is 0 Å². The van der Waals surface area contributed by atoms with E-state index >= 15 is 0 Å². The summed E-state index contributed by atoms with van der Waals surface area (Å²) < 4.78 is 6.13. The van der Waals surface area contributed by atoms with Gasteiger partial charge in [0.05, 0.1) is 0 Å². The minimum absolute atomic E-state index is 0.114. The molecule has 0 spiro atoms. The van der Waals surface area contributed by atoms with Gasteiger partial charge in [-0.2, -0.15) is 0 Å². The molecule has 3 unspecified atom stereocenters. The number of halogens is 1. The second-order valence-electron chi connectivity index (χ2n) is 5.98. The third kappa shape index (κ3) is 2.58. The normalized spacial score (nSPS) is 28.0. The highest BCUT2D eigenvalue weighted by Gasteiger charge is 2.33. The molecular weight excluding hydrogens is 334 g/mol. The fraction of sp³-hybridized carbons (Fsp3) is 0.467. The SMILES string of the molecule is O=C(NC1CC2CCN(C2)C1)c1cc2oc(Br)cc2cn1. The molecule has 110 valence electrons. The van der Waals surface area contributed by atoms with E-state index in [0.717, 1.165) is 24.3 Å². The third-order valence-corrected chi connectivity index (χ3v) is 4.80. The van der Waals surface area contributed by atoms with Crippen LogP contribution in [0, 0.1) is 5.92 Å². The maximum Gasteiger partial charge on any atom is 0.270 e. The summed E-state index contributed by atoms with van der Waals surface area (Å²) >= 11 is 3.29. The Bertz CT molecular complexity index is 687. The maximum atomic E-state index is 12.4. The lowest BCUT2D eigenvalue weighted by Crippen LogP contribution is -2.47. The first-order chi connectivity index (χ1) is 10.2. The van der Waals surface area contributed by atoms with Crippen molar-refractivity contribution in [2.24, 2.45) is 5.92 Å². The quantitative estimate of drug-likeness (QED) is 0.904. The van der Waals surface area contributed by atoms with Gasteiger partial charge in [0, 0.05) is 42.8 Å². The number of rotatable bonds is 2. The van der Waals surface area contributed by atoms with Gasteiger partial charge in [-0.3, -0.25) is 9.78 Å². The average Bonchev–Trinajstić information content (AvgIpc) is 2.99. The summed E-state index contributed by atoms with van der Waals surface area (Å²) in [6.45, 7) is 3.31. The smallest absolute Gasteiger partial charge is 0.270 e. The van der Waals surface area contributed by atoms with Crippen LogP contribution in [0.3, 0.4) is 0 Å². The van der Waals surface area contributed by atoms with Crippen molar-refractivity contribution in [1.29, 1.82) is 0 Å². The van der Waals surface area contributed by atoms with E-state index in [4.69, 9.17) is 4.42 Å². The van der Waals surface area contributed by atoms with Crippen molar-refractivity contribution in [3.05, 3.63) is 28.7 Å². The number of piperidine rings is 1. The number of pyridine rings is 1. The van der Waals surface area contributed by atoms with E-state index in [1.54, 1.807) is 12.3 Å². The number of hydrogen-bond acceptors (Lipinski definition) is 4. The van der Waals surface area contributed by atoms with Crippen LogP contribution in [0.4, 0.5) is 0 Å². The number of nitrogens with one attached hydrogen (secondary N) is 1. The number of hydrogen-bond donors (Lipinski definition) is 1. The van der Waals surface area contributed by atoms with E-state index in [1.807, 2.05) is 6.07 Å². The summed E-state index contributed by atoms with van der Waals surface area (Å²) in [6, 6.07) is 3.78. The van der Waals surface area contributed by atoms with Gasteiger partial charge in [-0.05, 0) is 41.2 Å². The van der Waals surface area contributed by atoms with Gasteiger partial charge in [0.15, 0.2) is 4.67 Å². The zero-order valence-electron chi connectivity index (χ0n) is 11.5. The Labute approximate surface area is 130 Å². The molecule has 2 aliphatic heterocycles. The zero-order chi connectivity index (χ0) is 14.4. The molecule has 2 aromatic rings. The van der Waals surface area contributed by atoms with Crippen LogP contribution in [0.2, 0.25) is 0 Å². The predicted molar refractivity (Wildman–Crippen MR) is 82.1 cm³/mol. The van der Waals surface area contributed by atoms with Crippen LogP contribution in [0.1, 0.15) is 23.3 Å².